The summed E-state index contributed by atoms with van der Waals surface area (Å²) in [4.78, 5) is 0. The first-order valence-electron chi connectivity index (χ1n) is 3.53. The molecule has 0 unspecified atom stereocenters. The summed E-state index contributed by atoms with van der Waals surface area (Å²) < 4.78 is 74.8. The second-order valence-electron chi connectivity index (χ2n) is 2.47. The maximum atomic E-state index is 12.2. The van der Waals surface area contributed by atoms with Gasteiger partial charge in [0.1, 0.15) is 5.75 Å². The summed E-state index contributed by atoms with van der Waals surface area (Å²) in [6.07, 6.45) is -10.1. The average molecular weight is 229 g/mol. The largest absolute Gasteiger partial charge is 0.573 e. The molecule has 15 heavy (non-hydrogen) atoms. The number of hydrogen-bond acceptors (Lipinski definition) is 1. The van der Waals surface area contributed by atoms with Crippen LogP contribution in [0.3, 0.4) is 0 Å². The van der Waals surface area contributed by atoms with Crippen molar-refractivity contribution in [2.24, 2.45) is 0 Å². The smallest absolute Gasteiger partial charge is 0.405 e. The Morgan fingerprint density at radius 1 is 1.07 bits per heavy atom. The SMILES string of the molecule is FC(F)(F)Oc1cc[c]cc1C(F)(F)F. The van der Waals surface area contributed by atoms with Crippen molar-refractivity contribution in [1.82, 2.24) is 0 Å². The molecule has 0 saturated carbocycles. The third kappa shape index (κ3) is 3.34. The minimum Gasteiger partial charge on any atom is -0.405 e. The van der Waals surface area contributed by atoms with Gasteiger partial charge in [-0.3, -0.25) is 0 Å². The Morgan fingerprint density at radius 3 is 2.13 bits per heavy atom. The van der Waals surface area contributed by atoms with E-state index in [4.69, 9.17) is 0 Å². The predicted molar refractivity (Wildman–Crippen MR) is 37.0 cm³/mol. The van der Waals surface area contributed by atoms with Gasteiger partial charge in [-0.05, 0) is 18.2 Å². The molecule has 0 aliphatic heterocycles. The second kappa shape index (κ2) is 3.63. The molecule has 0 amide bonds. The van der Waals surface area contributed by atoms with Crippen molar-refractivity contribution in [2.75, 3.05) is 0 Å². The molecule has 83 valence electrons. The van der Waals surface area contributed by atoms with Crippen LogP contribution in [-0.4, -0.2) is 6.36 Å². The van der Waals surface area contributed by atoms with E-state index in [0.717, 1.165) is 6.07 Å². The predicted octanol–water partition coefficient (Wildman–Crippen LogP) is 3.40. The monoisotopic (exact) mass is 229 g/mol. The maximum Gasteiger partial charge on any atom is 0.573 e. The maximum absolute atomic E-state index is 12.2. The average Bonchev–Trinajstić information content (AvgIpc) is 1.99. The van der Waals surface area contributed by atoms with E-state index in [9.17, 15) is 26.3 Å². The third-order valence-electron chi connectivity index (χ3n) is 1.36. The van der Waals surface area contributed by atoms with Crippen LogP contribution in [0.25, 0.3) is 0 Å². The van der Waals surface area contributed by atoms with Crippen LogP contribution in [0.4, 0.5) is 26.3 Å². The van der Waals surface area contributed by atoms with Crippen molar-refractivity contribution in [3.8, 4) is 5.75 Å². The Hall–Kier alpha value is -1.40. The first kappa shape index (κ1) is 11.7. The molecule has 0 aromatic heterocycles. The molecule has 0 heterocycles. The van der Waals surface area contributed by atoms with Crippen LogP contribution < -0.4 is 4.74 Å². The van der Waals surface area contributed by atoms with Gasteiger partial charge in [-0.2, -0.15) is 13.2 Å². The van der Waals surface area contributed by atoms with E-state index >= 15 is 0 Å². The molecule has 7 heteroatoms. The molecular formula is C8H3F6O. The molecule has 0 aliphatic rings. The van der Waals surface area contributed by atoms with E-state index in [1.807, 2.05) is 6.07 Å². The van der Waals surface area contributed by atoms with Crippen LogP contribution in [-0.2, 0) is 6.18 Å². The van der Waals surface area contributed by atoms with E-state index in [0.29, 0.717) is 12.1 Å². The zero-order valence-electron chi connectivity index (χ0n) is 6.91. The van der Waals surface area contributed by atoms with E-state index < -0.39 is 23.9 Å². The van der Waals surface area contributed by atoms with Crippen LogP contribution in [0.5, 0.6) is 5.75 Å². The zero-order valence-corrected chi connectivity index (χ0v) is 6.91. The molecular weight excluding hydrogens is 226 g/mol. The molecule has 1 aromatic carbocycles. The molecule has 1 aromatic rings. The lowest BCUT2D eigenvalue weighted by Gasteiger charge is -2.14. The van der Waals surface area contributed by atoms with Crippen molar-refractivity contribution >= 4 is 0 Å². The number of benzene rings is 1. The Bertz CT molecular complexity index is 340. The first-order chi connectivity index (χ1) is 6.70. The molecule has 0 N–H and O–H groups in total. The van der Waals surface area contributed by atoms with Crippen LogP contribution in [0.2, 0.25) is 0 Å². The summed E-state index contributed by atoms with van der Waals surface area (Å²) in [6, 6.07) is 3.87. The fourth-order valence-electron chi connectivity index (χ4n) is 0.851. The molecule has 1 radical (unpaired) electrons. The quantitative estimate of drug-likeness (QED) is 0.670. The van der Waals surface area contributed by atoms with Gasteiger partial charge in [0.15, 0.2) is 0 Å². The summed E-state index contributed by atoms with van der Waals surface area (Å²) in [5.41, 5.74) is -1.51. The molecule has 0 bridgehead atoms. The first-order valence-corrected chi connectivity index (χ1v) is 3.53. The lowest BCUT2D eigenvalue weighted by atomic mass is 10.2. The van der Waals surface area contributed by atoms with Crippen molar-refractivity contribution in [2.45, 2.75) is 12.5 Å². The van der Waals surface area contributed by atoms with Gasteiger partial charge < -0.3 is 4.74 Å². The van der Waals surface area contributed by atoms with Crippen molar-refractivity contribution in [3.05, 3.63) is 29.8 Å². The van der Waals surface area contributed by atoms with Gasteiger partial charge in [-0.15, -0.1) is 13.2 Å². The Morgan fingerprint density at radius 2 is 1.67 bits per heavy atom. The molecule has 0 spiro atoms. The number of hydrogen-bond donors (Lipinski definition) is 0. The van der Waals surface area contributed by atoms with Gasteiger partial charge in [0.05, 0.1) is 5.56 Å². The van der Waals surface area contributed by atoms with Crippen LogP contribution in [0.15, 0.2) is 18.2 Å². The van der Waals surface area contributed by atoms with E-state index in [1.54, 1.807) is 0 Å². The number of ether oxygens (including phenoxy) is 1. The zero-order chi connectivity index (χ0) is 11.7. The highest BCUT2D eigenvalue weighted by atomic mass is 19.4. The van der Waals surface area contributed by atoms with Crippen molar-refractivity contribution in [3.63, 3.8) is 0 Å². The summed E-state index contributed by atoms with van der Waals surface area (Å²) in [5, 5.41) is 0. The van der Waals surface area contributed by atoms with Crippen LogP contribution >= 0.6 is 0 Å². The molecule has 0 aliphatic carbocycles. The fraction of sp³-hybridized carbons (Fsp3) is 0.250. The lowest BCUT2D eigenvalue weighted by molar-refractivity contribution is -0.276. The van der Waals surface area contributed by atoms with Crippen LogP contribution in [0, 0.1) is 6.07 Å². The third-order valence-corrected chi connectivity index (χ3v) is 1.36. The van der Waals surface area contributed by atoms with E-state index in [-0.39, 0.29) is 0 Å². The van der Waals surface area contributed by atoms with Crippen molar-refractivity contribution < 1.29 is 31.1 Å². The number of rotatable bonds is 1. The summed E-state index contributed by atoms with van der Waals surface area (Å²) in [7, 11) is 0. The second-order valence-corrected chi connectivity index (χ2v) is 2.47. The normalized spacial score (nSPS) is 12.7. The summed E-state index contributed by atoms with van der Waals surface area (Å²) >= 11 is 0. The van der Waals surface area contributed by atoms with E-state index in [1.165, 1.54) is 0 Å². The van der Waals surface area contributed by atoms with Gasteiger partial charge in [-0.1, -0.05) is 6.07 Å². The van der Waals surface area contributed by atoms with Gasteiger partial charge >= 0.3 is 12.5 Å². The van der Waals surface area contributed by atoms with Gasteiger partial charge in [0.25, 0.3) is 0 Å². The molecule has 1 rings (SSSR count). The van der Waals surface area contributed by atoms with Crippen LogP contribution in [0.1, 0.15) is 5.56 Å². The molecule has 0 atom stereocenters. The molecule has 1 nitrogen and oxygen atoms in total. The minimum atomic E-state index is -5.15. The van der Waals surface area contributed by atoms with Gasteiger partial charge in [-0.25, -0.2) is 0 Å². The lowest BCUT2D eigenvalue weighted by Crippen LogP contribution is -2.20. The topological polar surface area (TPSA) is 9.23 Å². The fourth-order valence-corrected chi connectivity index (χ4v) is 0.851. The Kier molecular flexibility index (Phi) is 2.83. The Labute approximate surface area is 80.3 Å². The summed E-state index contributed by atoms with van der Waals surface area (Å²) in [6.45, 7) is 0. The molecule has 0 fully saturated rings. The highest BCUT2D eigenvalue weighted by Crippen LogP contribution is 2.37. The highest BCUT2D eigenvalue weighted by molar-refractivity contribution is 5.35. The Balaban J connectivity index is 3.08. The summed E-state index contributed by atoms with van der Waals surface area (Å²) in [5.74, 6) is -1.28. The van der Waals surface area contributed by atoms with Crippen molar-refractivity contribution in [1.29, 1.82) is 0 Å². The highest BCUT2D eigenvalue weighted by Gasteiger charge is 2.38. The minimum absolute atomic E-state index is 0.390. The van der Waals surface area contributed by atoms with Gasteiger partial charge in [0, 0.05) is 0 Å². The number of halogens is 6. The molecule has 0 saturated heterocycles. The van der Waals surface area contributed by atoms with Gasteiger partial charge in [0.2, 0.25) is 0 Å². The standard InChI is InChI=1S/C8H3F6O/c9-7(10,11)5-3-1-2-4-6(5)15-8(12,13)14/h2-4H. The van der Waals surface area contributed by atoms with E-state index in [2.05, 4.69) is 4.74 Å². The number of alkyl halides is 6.